The van der Waals surface area contributed by atoms with Gasteiger partial charge >= 0.3 is 0 Å². The molecule has 3 N–H and O–H groups in total. The maximum Gasteiger partial charge on any atom is 0.239 e. The number of carbonyl (C=O) groups is 1. The third kappa shape index (κ3) is 3.82. The van der Waals surface area contributed by atoms with Gasteiger partial charge in [-0.1, -0.05) is 24.3 Å². The molecule has 110 valence electrons. The molecule has 2 rings (SSSR count). The van der Waals surface area contributed by atoms with E-state index in [1.165, 1.54) is 12.1 Å². The molecule has 0 spiro atoms. The number of carbonyl (C=O) groups excluding carboxylic acids is 1. The van der Waals surface area contributed by atoms with Gasteiger partial charge in [-0.15, -0.1) is 0 Å². The second kappa shape index (κ2) is 5.97. The lowest BCUT2D eigenvalue weighted by Crippen LogP contribution is -2.23. The molecule has 6 heteroatoms. The summed E-state index contributed by atoms with van der Waals surface area (Å²) in [6, 6.07) is 13.0. The highest BCUT2D eigenvalue weighted by Gasteiger charge is 2.19. The highest BCUT2D eigenvalue weighted by Crippen LogP contribution is 2.18. The van der Waals surface area contributed by atoms with Gasteiger partial charge in [0.25, 0.3) is 0 Å². The van der Waals surface area contributed by atoms with Crippen LogP contribution < -0.4 is 11.1 Å². The van der Waals surface area contributed by atoms with Crippen LogP contribution in [0.2, 0.25) is 0 Å². The summed E-state index contributed by atoms with van der Waals surface area (Å²) < 4.78 is 24.2. The van der Waals surface area contributed by atoms with Gasteiger partial charge in [0.2, 0.25) is 5.91 Å². The van der Waals surface area contributed by atoms with Crippen LogP contribution >= 0.6 is 0 Å². The maximum absolute atomic E-state index is 12.1. The summed E-state index contributed by atoms with van der Waals surface area (Å²) in [5.74, 6) is -1.20. The molecule has 0 saturated carbocycles. The van der Waals surface area contributed by atoms with Crippen molar-refractivity contribution < 1.29 is 13.2 Å². The zero-order valence-electron chi connectivity index (χ0n) is 11.5. The van der Waals surface area contributed by atoms with Crippen LogP contribution in [0.25, 0.3) is 0 Å². The van der Waals surface area contributed by atoms with Crippen LogP contribution in [0.4, 0.5) is 11.4 Å². The number of nitrogens with two attached hydrogens (primary N) is 1. The third-order valence-electron chi connectivity index (χ3n) is 2.96. The summed E-state index contributed by atoms with van der Waals surface area (Å²) >= 11 is 0. The molecular formula is C15H16N2O3S. The van der Waals surface area contributed by atoms with Gasteiger partial charge in [0, 0.05) is 11.4 Å². The Kier molecular flexibility index (Phi) is 4.28. The van der Waals surface area contributed by atoms with Crippen molar-refractivity contribution in [2.24, 2.45) is 0 Å². The zero-order chi connectivity index (χ0) is 15.5. The lowest BCUT2D eigenvalue weighted by atomic mass is 10.2. The minimum absolute atomic E-state index is 0.129. The molecule has 0 bridgehead atoms. The van der Waals surface area contributed by atoms with Gasteiger partial charge in [0.15, 0.2) is 9.84 Å². The summed E-state index contributed by atoms with van der Waals surface area (Å²) in [5.41, 5.74) is 7.49. The number of benzene rings is 2. The Balaban J connectivity index is 2.14. The van der Waals surface area contributed by atoms with Gasteiger partial charge in [-0.25, -0.2) is 8.42 Å². The Morgan fingerprint density at radius 1 is 1.14 bits per heavy atom. The highest BCUT2D eigenvalue weighted by atomic mass is 32.2. The Hall–Kier alpha value is -2.34. The number of anilines is 2. The number of nitrogens with one attached hydrogen (secondary N) is 1. The van der Waals surface area contributed by atoms with Crippen molar-refractivity contribution in [3.63, 3.8) is 0 Å². The minimum atomic E-state index is -3.65. The number of aryl methyl sites for hydroxylation is 1. The summed E-state index contributed by atoms with van der Waals surface area (Å²) in [4.78, 5) is 12.1. The Morgan fingerprint density at radius 2 is 1.81 bits per heavy atom. The molecule has 2 aromatic carbocycles. The van der Waals surface area contributed by atoms with Crippen molar-refractivity contribution in [1.82, 2.24) is 0 Å². The normalized spacial score (nSPS) is 11.1. The summed E-state index contributed by atoms with van der Waals surface area (Å²) in [5, 5.41) is 2.58. The van der Waals surface area contributed by atoms with E-state index in [1.807, 2.05) is 0 Å². The number of nitrogen functional groups attached to an aromatic ring is 1. The van der Waals surface area contributed by atoms with Gasteiger partial charge < -0.3 is 11.1 Å². The third-order valence-corrected chi connectivity index (χ3v) is 4.59. The largest absolute Gasteiger partial charge is 0.399 e. The Labute approximate surface area is 123 Å². The summed E-state index contributed by atoms with van der Waals surface area (Å²) in [6.45, 7) is 1.81. The van der Waals surface area contributed by atoms with E-state index in [0.717, 1.165) is 5.56 Å². The standard InChI is InChI=1S/C15H16N2O3S/c1-11-7-8-12(16)9-14(11)17-15(18)10-21(19,20)13-5-3-2-4-6-13/h2-9H,10,16H2,1H3,(H,17,18). The molecule has 21 heavy (non-hydrogen) atoms. The van der Waals surface area contributed by atoms with E-state index in [0.29, 0.717) is 11.4 Å². The van der Waals surface area contributed by atoms with E-state index >= 15 is 0 Å². The molecule has 0 unspecified atom stereocenters. The number of rotatable bonds is 4. The van der Waals surface area contributed by atoms with E-state index < -0.39 is 21.5 Å². The van der Waals surface area contributed by atoms with Crippen LogP contribution in [0.5, 0.6) is 0 Å². The average Bonchev–Trinajstić information content (AvgIpc) is 2.43. The van der Waals surface area contributed by atoms with Crippen molar-refractivity contribution in [2.45, 2.75) is 11.8 Å². The molecule has 0 saturated heterocycles. The van der Waals surface area contributed by atoms with Gasteiger partial charge in [-0.3, -0.25) is 4.79 Å². The first-order chi connectivity index (χ1) is 9.88. The molecule has 0 heterocycles. The first-order valence-corrected chi connectivity index (χ1v) is 7.97. The molecule has 0 atom stereocenters. The molecule has 5 nitrogen and oxygen atoms in total. The van der Waals surface area contributed by atoms with E-state index in [2.05, 4.69) is 5.32 Å². The quantitative estimate of drug-likeness (QED) is 0.845. The van der Waals surface area contributed by atoms with Gasteiger partial charge in [0.1, 0.15) is 5.75 Å². The summed E-state index contributed by atoms with van der Waals surface area (Å²) in [7, 11) is -3.65. The number of sulfone groups is 1. The van der Waals surface area contributed by atoms with Gasteiger partial charge in [-0.2, -0.15) is 0 Å². The summed E-state index contributed by atoms with van der Waals surface area (Å²) in [6.07, 6.45) is 0. The average molecular weight is 304 g/mol. The Morgan fingerprint density at radius 3 is 2.48 bits per heavy atom. The van der Waals surface area contributed by atoms with Crippen LogP contribution in [-0.2, 0) is 14.6 Å². The van der Waals surface area contributed by atoms with Crippen molar-refractivity contribution >= 4 is 27.1 Å². The van der Waals surface area contributed by atoms with Crippen LogP contribution in [0, 0.1) is 6.92 Å². The van der Waals surface area contributed by atoms with E-state index in [4.69, 9.17) is 5.73 Å². The lowest BCUT2D eigenvalue weighted by Gasteiger charge is -2.09. The number of hydrogen-bond acceptors (Lipinski definition) is 4. The predicted molar refractivity (Wildman–Crippen MR) is 82.7 cm³/mol. The molecule has 0 aliphatic heterocycles. The molecule has 2 aromatic rings. The van der Waals surface area contributed by atoms with Crippen molar-refractivity contribution in [1.29, 1.82) is 0 Å². The number of hydrogen-bond donors (Lipinski definition) is 2. The first kappa shape index (κ1) is 15.1. The molecule has 1 amide bonds. The van der Waals surface area contributed by atoms with Crippen LogP contribution in [0.1, 0.15) is 5.56 Å². The topological polar surface area (TPSA) is 89.3 Å². The van der Waals surface area contributed by atoms with Gasteiger partial charge in [0.05, 0.1) is 4.90 Å². The Bertz CT molecular complexity index is 756. The van der Waals surface area contributed by atoms with Crippen molar-refractivity contribution in [3.05, 3.63) is 54.1 Å². The smallest absolute Gasteiger partial charge is 0.239 e. The van der Waals surface area contributed by atoms with Crippen LogP contribution in [0.3, 0.4) is 0 Å². The second-order valence-corrected chi connectivity index (χ2v) is 6.68. The van der Waals surface area contributed by atoms with E-state index in [9.17, 15) is 13.2 Å². The maximum atomic E-state index is 12.1. The lowest BCUT2D eigenvalue weighted by molar-refractivity contribution is -0.113. The predicted octanol–water partition coefficient (Wildman–Crippen LogP) is 1.99. The fraction of sp³-hybridized carbons (Fsp3) is 0.133. The number of amides is 1. The first-order valence-electron chi connectivity index (χ1n) is 6.32. The van der Waals surface area contributed by atoms with E-state index in [-0.39, 0.29) is 4.90 Å². The van der Waals surface area contributed by atoms with Crippen LogP contribution in [-0.4, -0.2) is 20.1 Å². The van der Waals surface area contributed by atoms with Crippen LogP contribution in [0.15, 0.2) is 53.4 Å². The zero-order valence-corrected chi connectivity index (χ0v) is 12.4. The fourth-order valence-corrected chi connectivity index (χ4v) is 3.00. The van der Waals surface area contributed by atoms with Crippen molar-refractivity contribution in [2.75, 3.05) is 16.8 Å². The molecule has 0 radical (unpaired) electrons. The molecule has 0 aromatic heterocycles. The van der Waals surface area contributed by atoms with Gasteiger partial charge in [-0.05, 0) is 36.8 Å². The molecule has 0 aliphatic rings. The van der Waals surface area contributed by atoms with E-state index in [1.54, 1.807) is 43.3 Å². The monoisotopic (exact) mass is 304 g/mol. The SMILES string of the molecule is Cc1ccc(N)cc1NC(=O)CS(=O)(=O)c1ccccc1. The molecule has 0 fully saturated rings. The molecule has 0 aliphatic carbocycles. The second-order valence-electron chi connectivity index (χ2n) is 4.69. The fourth-order valence-electron chi connectivity index (χ4n) is 1.84. The van der Waals surface area contributed by atoms with Crippen molar-refractivity contribution in [3.8, 4) is 0 Å². The minimum Gasteiger partial charge on any atom is -0.399 e. The molecular weight excluding hydrogens is 288 g/mol. The highest BCUT2D eigenvalue weighted by molar-refractivity contribution is 7.92.